The van der Waals surface area contributed by atoms with Crippen LogP contribution < -0.4 is 0 Å². The van der Waals surface area contributed by atoms with Crippen LogP contribution in [0.3, 0.4) is 0 Å². The smallest absolute Gasteiger partial charge is 0.0882 e. The summed E-state index contributed by atoms with van der Waals surface area (Å²) in [6.07, 6.45) is 4.61. The molecular formula is C14H14BrNOS. The Kier molecular flexibility index (Phi) is 3.50. The minimum absolute atomic E-state index is 0.136. The van der Waals surface area contributed by atoms with Crippen LogP contribution in [0.2, 0.25) is 0 Å². The third-order valence-electron chi connectivity index (χ3n) is 3.55. The normalized spacial score (nSPS) is 20.4. The number of fused-ring (bicyclic) bond motifs is 1. The van der Waals surface area contributed by atoms with Crippen molar-refractivity contribution in [3.05, 3.63) is 50.4 Å². The molecule has 1 aliphatic rings. The lowest BCUT2D eigenvalue weighted by Gasteiger charge is -2.27. The molecule has 0 radical (unpaired) electrons. The van der Waals surface area contributed by atoms with Gasteiger partial charge in [-0.1, -0.05) is 6.07 Å². The van der Waals surface area contributed by atoms with Gasteiger partial charge in [0.15, 0.2) is 0 Å². The second-order valence-corrected chi connectivity index (χ2v) is 6.97. The van der Waals surface area contributed by atoms with E-state index in [0.717, 1.165) is 34.3 Å². The molecule has 0 aliphatic heterocycles. The van der Waals surface area contributed by atoms with E-state index in [0.29, 0.717) is 0 Å². The highest BCUT2D eigenvalue weighted by Crippen LogP contribution is 2.40. The van der Waals surface area contributed by atoms with Gasteiger partial charge >= 0.3 is 0 Å². The summed E-state index contributed by atoms with van der Waals surface area (Å²) in [4.78, 5) is 4.49. The van der Waals surface area contributed by atoms with Crippen molar-refractivity contribution in [3.8, 4) is 0 Å². The van der Waals surface area contributed by atoms with Crippen LogP contribution in [-0.4, -0.2) is 10.1 Å². The SMILES string of the molecule is OC(c1csc(Br)c1)C1CCCc2cccnc21. The summed E-state index contributed by atoms with van der Waals surface area (Å²) in [7, 11) is 0. The van der Waals surface area contributed by atoms with Crippen molar-refractivity contribution in [1.29, 1.82) is 0 Å². The van der Waals surface area contributed by atoms with Crippen LogP contribution in [0.1, 0.15) is 41.7 Å². The van der Waals surface area contributed by atoms with Crippen LogP contribution in [0.25, 0.3) is 0 Å². The molecule has 2 nitrogen and oxygen atoms in total. The van der Waals surface area contributed by atoms with Gasteiger partial charge in [-0.3, -0.25) is 4.98 Å². The van der Waals surface area contributed by atoms with Crippen molar-refractivity contribution in [1.82, 2.24) is 4.98 Å². The quantitative estimate of drug-likeness (QED) is 0.904. The Morgan fingerprint density at radius 1 is 1.50 bits per heavy atom. The molecule has 94 valence electrons. The van der Waals surface area contributed by atoms with Gasteiger partial charge < -0.3 is 5.11 Å². The monoisotopic (exact) mass is 323 g/mol. The van der Waals surface area contributed by atoms with Gasteiger partial charge in [-0.25, -0.2) is 0 Å². The van der Waals surface area contributed by atoms with Crippen LogP contribution in [0.15, 0.2) is 33.6 Å². The van der Waals surface area contributed by atoms with Crippen molar-refractivity contribution < 1.29 is 5.11 Å². The molecule has 0 saturated heterocycles. The lowest BCUT2D eigenvalue weighted by molar-refractivity contribution is 0.134. The van der Waals surface area contributed by atoms with Gasteiger partial charge in [0, 0.05) is 17.8 Å². The van der Waals surface area contributed by atoms with E-state index in [9.17, 15) is 5.11 Å². The summed E-state index contributed by atoms with van der Waals surface area (Å²) in [6, 6.07) is 6.12. The van der Waals surface area contributed by atoms with Crippen molar-refractivity contribution >= 4 is 27.3 Å². The minimum Gasteiger partial charge on any atom is -0.388 e. The molecular weight excluding hydrogens is 310 g/mol. The Labute approximate surface area is 119 Å². The van der Waals surface area contributed by atoms with Gasteiger partial charge in [0.05, 0.1) is 9.89 Å². The summed E-state index contributed by atoms with van der Waals surface area (Å²) in [5.41, 5.74) is 3.37. The Morgan fingerprint density at radius 3 is 3.17 bits per heavy atom. The second-order valence-electron chi connectivity index (χ2n) is 4.68. The summed E-state index contributed by atoms with van der Waals surface area (Å²) in [5.74, 6) is 0.136. The Morgan fingerprint density at radius 2 is 2.39 bits per heavy atom. The van der Waals surface area contributed by atoms with Gasteiger partial charge in [0.1, 0.15) is 0 Å². The molecule has 0 amide bonds. The first-order valence-electron chi connectivity index (χ1n) is 6.11. The Hall–Kier alpha value is -0.710. The summed E-state index contributed by atoms with van der Waals surface area (Å²) >= 11 is 5.06. The zero-order chi connectivity index (χ0) is 12.5. The molecule has 2 aromatic rings. The fourth-order valence-corrected chi connectivity index (χ4v) is 3.87. The highest BCUT2D eigenvalue weighted by Gasteiger charge is 2.29. The van der Waals surface area contributed by atoms with E-state index in [1.165, 1.54) is 5.56 Å². The molecule has 2 unspecified atom stereocenters. The zero-order valence-electron chi connectivity index (χ0n) is 9.84. The number of halogens is 1. The highest BCUT2D eigenvalue weighted by atomic mass is 79.9. The minimum atomic E-state index is -0.443. The van der Waals surface area contributed by atoms with Crippen LogP contribution in [-0.2, 0) is 6.42 Å². The maximum atomic E-state index is 10.6. The van der Waals surface area contributed by atoms with Gasteiger partial charge in [0.25, 0.3) is 0 Å². The topological polar surface area (TPSA) is 33.1 Å². The van der Waals surface area contributed by atoms with E-state index in [1.54, 1.807) is 11.3 Å². The average Bonchev–Trinajstić information content (AvgIpc) is 2.84. The van der Waals surface area contributed by atoms with Crippen LogP contribution in [0, 0.1) is 0 Å². The van der Waals surface area contributed by atoms with E-state index in [4.69, 9.17) is 0 Å². The van der Waals surface area contributed by atoms with E-state index in [-0.39, 0.29) is 5.92 Å². The number of aliphatic hydroxyl groups excluding tert-OH is 1. The number of nitrogens with zero attached hydrogens (tertiary/aromatic N) is 1. The predicted molar refractivity (Wildman–Crippen MR) is 76.9 cm³/mol. The number of thiophene rings is 1. The lowest BCUT2D eigenvalue weighted by atomic mass is 9.81. The maximum Gasteiger partial charge on any atom is 0.0882 e. The van der Waals surface area contributed by atoms with E-state index in [2.05, 4.69) is 27.0 Å². The molecule has 2 aromatic heterocycles. The van der Waals surface area contributed by atoms with E-state index in [1.807, 2.05) is 23.7 Å². The first kappa shape index (κ1) is 12.3. The van der Waals surface area contributed by atoms with Gasteiger partial charge in [-0.2, -0.15) is 0 Å². The molecule has 1 aliphatic carbocycles. The number of hydrogen-bond donors (Lipinski definition) is 1. The number of aliphatic hydroxyl groups is 1. The molecule has 4 heteroatoms. The molecule has 2 atom stereocenters. The Bertz CT molecular complexity index is 554. The average molecular weight is 324 g/mol. The molecule has 0 bridgehead atoms. The number of aromatic nitrogens is 1. The number of rotatable bonds is 2. The molecule has 2 heterocycles. The first-order valence-corrected chi connectivity index (χ1v) is 7.79. The number of hydrogen-bond acceptors (Lipinski definition) is 3. The Balaban J connectivity index is 1.94. The standard InChI is InChI=1S/C14H14BrNOS/c15-12-7-10(8-18-12)14(17)11-5-1-3-9-4-2-6-16-13(9)11/h2,4,6-8,11,14,17H,1,3,5H2. The largest absolute Gasteiger partial charge is 0.388 e. The van der Waals surface area contributed by atoms with Gasteiger partial charge in [-0.05, 0) is 63.8 Å². The van der Waals surface area contributed by atoms with Crippen molar-refractivity contribution in [2.24, 2.45) is 0 Å². The van der Waals surface area contributed by atoms with Crippen LogP contribution in [0.5, 0.6) is 0 Å². The third kappa shape index (κ3) is 2.25. The zero-order valence-corrected chi connectivity index (χ0v) is 12.2. The predicted octanol–water partition coefficient (Wildman–Crippen LogP) is 4.06. The number of aryl methyl sites for hydroxylation is 1. The second kappa shape index (κ2) is 5.11. The molecule has 0 spiro atoms. The molecule has 0 saturated carbocycles. The molecule has 0 aromatic carbocycles. The van der Waals surface area contributed by atoms with Crippen molar-refractivity contribution in [2.45, 2.75) is 31.3 Å². The maximum absolute atomic E-state index is 10.6. The summed E-state index contributed by atoms with van der Waals surface area (Å²) in [5, 5.41) is 12.6. The van der Waals surface area contributed by atoms with Gasteiger partial charge in [-0.15, -0.1) is 11.3 Å². The highest BCUT2D eigenvalue weighted by molar-refractivity contribution is 9.11. The van der Waals surface area contributed by atoms with Gasteiger partial charge in [0.2, 0.25) is 0 Å². The number of pyridine rings is 1. The summed E-state index contributed by atoms with van der Waals surface area (Å²) < 4.78 is 1.06. The lowest BCUT2D eigenvalue weighted by Crippen LogP contribution is -2.18. The van der Waals surface area contributed by atoms with E-state index >= 15 is 0 Å². The summed E-state index contributed by atoms with van der Waals surface area (Å²) in [6.45, 7) is 0. The fraction of sp³-hybridized carbons (Fsp3) is 0.357. The third-order valence-corrected chi connectivity index (χ3v) is 5.07. The fourth-order valence-electron chi connectivity index (χ4n) is 2.66. The van der Waals surface area contributed by atoms with E-state index < -0.39 is 6.10 Å². The molecule has 0 fully saturated rings. The molecule has 1 N–H and O–H groups in total. The molecule has 3 rings (SSSR count). The first-order chi connectivity index (χ1) is 8.75. The van der Waals surface area contributed by atoms with Crippen LogP contribution in [0.4, 0.5) is 0 Å². The van der Waals surface area contributed by atoms with Crippen LogP contribution >= 0.6 is 27.3 Å². The van der Waals surface area contributed by atoms with Crippen molar-refractivity contribution in [2.75, 3.05) is 0 Å². The van der Waals surface area contributed by atoms with Crippen molar-refractivity contribution in [3.63, 3.8) is 0 Å². The molecule has 18 heavy (non-hydrogen) atoms.